The number of nitrogens with one attached hydrogen (secondary N) is 1. The summed E-state index contributed by atoms with van der Waals surface area (Å²) in [5, 5.41) is 13.1. The summed E-state index contributed by atoms with van der Waals surface area (Å²) in [4.78, 5) is 0. The van der Waals surface area contributed by atoms with Crippen molar-refractivity contribution < 1.29 is 9.84 Å². The Morgan fingerprint density at radius 1 is 1.44 bits per heavy atom. The van der Waals surface area contributed by atoms with Gasteiger partial charge >= 0.3 is 0 Å². The Balaban J connectivity index is 2.00. The second-order valence-electron chi connectivity index (χ2n) is 4.21. The number of benzene rings is 1. The van der Waals surface area contributed by atoms with Gasteiger partial charge in [-0.15, -0.1) is 0 Å². The lowest BCUT2D eigenvalue weighted by molar-refractivity contribution is 0.172. The van der Waals surface area contributed by atoms with Gasteiger partial charge in [-0.05, 0) is 38.3 Å². The van der Waals surface area contributed by atoms with Crippen molar-refractivity contribution in [3.63, 3.8) is 0 Å². The van der Waals surface area contributed by atoms with Crippen LogP contribution in [-0.2, 0) is 0 Å². The van der Waals surface area contributed by atoms with Crippen molar-refractivity contribution >= 4 is 5.69 Å². The molecule has 0 bridgehead atoms. The Kier molecular flexibility index (Phi) is 3.67. The van der Waals surface area contributed by atoms with Crippen LogP contribution in [0.2, 0.25) is 0 Å². The van der Waals surface area contributed by atoms with E-state index >= 15 is 0 Å². The summed E-state index contributed by atoms with van der Waals surface area (Å²) in [6.07, 6.45) is 2.84. The third-order valence-corrected chi connectivity index (χ3v) is 2.98. The summed E-state index contributed by atoms with van der Waals surface area (Å²) in [5.41, 5.74) is 1.02. The molecule has 88 valence electrons. The highest BCUT2D eigenvalue weighted by molar-refractivity contribution is 5.49. The van der Waals surface area contributed by atoms with Crippen LogP contribution >= 0.6 is 0 Å². The maximum Gasteiger partial charge on any atom is 0.121 e. The summed E-state index contributed by atoms with van der Waals surface area (Å²) >= 11 is 0. The number of hydrogen-bond acceptors (Lipinski definition) is 3. The fraction of sp³-hybridized carbons (Fsp3) is 0.538. The molecule has 0 aliphatic heterocycles. The van der Waals surface area contributed by atoms with Gasteiger partial charge in [0, 0.05) is 11.8 Å². The maximum absolute atomic E-state index is 9.73. The molecule has 2 rings (SSSR count). The van der Waals surface area contributed by atoms with Gasteiger partial charge in [0.2, 0.25) is 0 Å². The number of anilines is 1. The highest BCUT2D eigenvalue weighted by atomic mass is 16.5. The molecule has 2 atom stereocenters. The fourth-order valence-corrected chi connectivity index (χ4v) is 2.17. The smallest absolute Gasteiger partial charge is 0.121 e. The van der Waals surface area contributed by atoms with Crippen molar-refractivity contribution in [3.05, 3.63) is 24.3 Å². The molecule has 3 nitrogen and oxygen atoms in total. The van der Waals surface area contributed by atoms with Crippen molar-refractivity contribution in [2.45, 2.75) is 38.3 Å². The molecule has 0 heterocycles. The minimum Gasteiger partial charge on any atom is -0.494 e. The van der Waals surface area contributed by atoms with Crippen LogP contribution in [0.4, 0.5) is 5.69 Å². The molecule has 1 saturated carbocycles. The van der Waals surface area contributed by atoms with Crippen LogP contribution < -0.4 is 10.1 Å². The number of rotatable bonds is 4. The molecule has 2 N–H and O–H groups in total. The maximum atomic E-state index is 9.73. The molecule has 0 radical (unpaired) electrons. The predicted octanol–water partition coefficient (Wildman–Crippen LogP) is 2.41. The van der Waals surface area contributed by atoms with E-state index in [-0.39, 0.29) is 12.1 Å². The Morgan fingerprint density at radius 3 is 3.00 bits per heavy atom. The van der Waals surface area contributed by atoms with Gasteiger partial charge in [-0.2, -0.15) is 0 Å². The third kappa shape index (κ3) is 2.67. The zero-order valence-electron chi connectivity index (χ0n) is 9.65. The minimum absolute atomic E-state index is 0.192. The molecule has 0 spiro atoms. The molecule has 0 saturated heterocycles. The fourth-order valence-electron chi connectivity index (χ4n) is 2.17. The van der Waals surface area contributed by atoms with Crippen molar-refractivity contribution in [3.8, 4) is 5.75 Å². The molecule has 1 fully saturated rings. The van der Waals surface area contributed by atoms with Gasteiger partial charge in [0.1, 0.15) is 5.75 Å². The molecular weight excluding hydrogens is 202 g/mol. The van der Waals surface area contributed by atoms with Crippen molar-refractivity contribution in [1.29, 1.82) is 0 Å². The van der Waals surface area contributed by atoms with Gasteiger partial charge in [-0.1, -0.05) is 6.07 Å². The number of hydrogen-bond donors (Lipinski definition) is 2. The van der Waals surface area contributed by atoms with E-state index in [1.807, 2.05) is 31.2 Å². The van der Waals surface area contributed by atoms with E-state index in [0.717, 1.165) is 30.7 Å². The SMILES string of the molecule is CCOc1cccc(N[C@@H]2CCC[C@H]2O)c1. The Morgan fingerprint density at radius 2 is 2.31 bits per heavy atom. The van der Waals surface area contributed by atoms with Crippen LogP contribution in [0.15, 0.2) is 24.3 Å². The highest BCUT2D eigenvalue weighted by Gasteiger charge is 2.24. The van der Waals surface area contributed by atoms with Gasteiger partial charge in [0.25, 0.3) is 0 Å². The first-order chi connectivity index (χ1) is 7.79. The quantitative estimate of drug-likeness (QED) is 0.820. The molecule has 1 aliphatic carbocycles. The van der Waals surface area contributed by atoms with E-state index in [9.17, 15) is 5.11 Å². The average molecular weight is 221 g/mol. The molecule has 3 heteroatoms. The molecular formula is C13H19NO2. The van der Waals surface area contributed by atoms with Gasteiger partial charge in [0.15, 0.2) is 0 Å². The monoisotopic (exact) mass is 221 g/mol. The van der Waals surface area contributed by atoms with Crippen LogP contribution in [0, 0.1) is 0 Å². The Bertz CT molecular complexity index is 340. The van der Waals surface area contributed by atoms with Crippen LogP contribution in [-0.4, -0.2) is 23.9 Å². The van der Waals surface area contributed by atoms with E-state index in [1.54, 1.807) is 0 Å². The molecule has 0 aromatic heterocycles. The van der Waals surface area contributed by atoms with Crippen LogP contribution in [0.25, 0.3) is 0 Å². The lowest BCUT2D eigenvalue weighted by atomic mass is 10.2. The molecule has 1 aromatic carbocycles. The number of aliphatic hydroxyl groups is 1. The van der Waals surface area contributed by atoms with E-state index in [0.29, 0.717) is 6.61 Å². The lowest BCUT2D eigenvalue weighted by Gasteiger charge is -2.18. The normalized spacial score (nSPS) is 24.4. The van der Waals surface area contributed by atoms with E-state index in [2.05, 4.69) is 5.32 Å². The zero-order chi connectivity index (χ0) is 11.4. The largest absolute Gasteiger partial charge is 0.494 e. The first-order valence-corrected chi connectivity index (χ1v) is 5.97. The number of aliphatic hydroxyl groups excluding tert-OH is 1. The van der Waals surface area contributed by atoms with Crippen molar-refractivity contribution in [1.82, 2.24) is 0 Å². The molecule has 0 unspecified atom stereocenters. The minimum atomic E-state index is -0.212. The summed E-state index contributed by atoms with van der Waals surface area (Å²) in [5.74, 6) is 0.875. The van der Waals surface area contributed by atoms with Gasteiger partial charge in [-0.3, -0.25) is 0 Å². The number of ether oxygens (including phenoxy) is 1. The van der Waals surface area contributed by atoms with E-state index in [1.165, 1.54) is 0 Å². The van der Waals surface area contributed by atoms with E-state index in [4.69, 9.17) is 4.74 Å². The molecule has 0 amide bonds. The average Bonchev–Trinajstić information content (AvgIpc) is 2.66. The predicted molar refractivity (Wildman–Crippen MR) is 64.9 cm³/mol. The second kappa shape index (κ2) is 5.21. The van der Waals surface area contributed by atoms with Crippen LogP contribution in [0.3, 0.4) is 0 Å². The Labute approximate surface area is 96.4 Å². The van der Waals surface area contributed by atoms with Gasteiger partial charge in [0.05, 0.1) is 18.8 Å². The Hall–Kier alpha value is -1.22. The molecule has 16 heavy (non-hydrogen) atoms. The first kappa shape index (κ1) is 11.3. The highest BCUT2D eigenvalue weighted by Crippen LogP contribution is 2.24. The second-order valence-corrected chi connectivity index (χ2v) is 4.21. The summed E-state index contributed by atoms with van der Waals surface area (Å²) in [7, 11) is 0. The summed E-state index contributed by atoms with van der Waals surface area (Å²) in [6, 6.07) is 8.09. The van der Waals surface area contributed by atoms with Gasteiger partial charge in [-0.25, -0.2) is 0 Å². The third-order valence-electron chi connectivity index (χ3n) is 2.98. The van der Waals surface area contributed by atoms with Crippen LogP contribution in [0.1, 0.15) is 26.2 Å². The first-order valence-electron chi connectivity index (χ1n) is 5.97. The zero-order valence-corrected chi connectivity index (χ0v) is 9.65. The standard InChI is InChI=1S/C13H19NO2/c1-2-16-11-6-3-5-10(9-11)14-12-7-4-8-13(12)15/h3,5-6,9,12-15H,2,4,7-8H2,1H3/t12-,13-/m1/s1. The lowest BCUT2D eigenvalue weighted by Crippen LogP contribution is -2.27. The topological polar surface area (TPSA) is 41.5 Å². The molecule has 1 aliphatic rings. The summed E-state index contributed by atoms with van der Waals surface area (Å²) < 4.78 is 5.44. The van der Waals surface area contributed by atoms with Gasteiger partial charge < -0.3 is 15.2 Å². The van der Waals surface area contributed by atoms with E-state index < -0.39 is 0 Å². The molecule has 1 aromatic rings. The van der Waals surface area contributed by atoms with Crippen molar-refractivity contribution in [2.24, 2.45) is 0 Å². The van der Waals surface area contributed by atoms with Crippen molar-refractivity contribution in [2.75, 3.05) is 11.9 Å². The van der Waals surface area contributed by atoms with Crippen LogP contribution in [0.5, 0.6) is 5.75 Å². The summed E-state index contributed by atoms with van der Waals surface area (Å²) in [6.45, 7) is 2.65.